The number of nitrogens with zero attached hydrogens (tertiary/aromatic N) is 1. The first kappa shape index (κ1) is 7.88. The molecule has 0 amide bonds. The van der Waals surface area contributed by atoms with Crippen LogP contribution in [-0.4, -0.2) is 23.4 Å². The van der Waals surface area contributed by atoms with Crippen molar-refractivity contribution in [3.8, 4) is 0 Å². The Labute approximate surface area is 65.0 Å². The molecule has 0 aromatic rings. The third-order valence-corrected chi connectivity index (χ3v) is 2.14. The highest BCUT2D eigenvalue weighted by Crippen LogP contribution is 2.17. The van der Waals surface area contributed by atoms with Crippen molar-refractivity contribution in [3.63, 3.8) is 0 Å². The number of hydrogen-bond donors (Lipinski definition) is 1. The van der Waals surface area contributed by atoms with Crippen molar-refractivity contribution in [2.45, 2.75) is 19.4 Å². The second kappa shape index (κ2) is 3.83. The molecule has 1 aliphatic heterocycles. The van der Waals surface area contributed by atoms with Gasteiger partial charge in [-0.05, 0) is 5.75 Å². The van der Waals surface area contributed by atoms with Crippen LogP contribution in [0.2, 0.25) is 0 Å². The summed E-state index contributed by atoms with van der Waals surface area (Å²) in [5.41, 5.74) is 5.38. The number of nitrogens with two attached hydrogens (primary N) is 1. The molecule has 1 atom stereocenters. The van der Waals surface area contributed by atoms with Gasteiger partial charge >= 0.3 is 0 Å². The summed E-state index contributed by atoms with van der Waals surface area (Å²) in [6.45, 7) is 2.67. The van der Waals surface area contributed by atoms with Gasteiger partial charge in [-0.25, -0.2) is 0 Å². The molecule has 0 radical (unpaired) electrons. The van der Waals surface area contributed by atoms with Crippen LogP contribution in [0.25, 0.3) is 0 Å². The molecule has 1 rings (SSSR count). The Morgan fingerprint density at radius 2 is 2.70 bits per heavy atom. The predicted octanol–water partition coefficient (Wildman–Crippen LogP) is 0.801. The highest BCUT2D eigenvalue weighted by molar-refractivity contribution is 8.13. The largest absolute Gasteiger partial charge is 0.390 e. The Bertz CT molecular complexity index is 138. The fourth-order valence-corrected chi connectivity index (χ4v) is 1.51. The SMILES string of the molecule is CCSC1=NOC(CN)C1. The molecule has 58 valence electrons. The minimum atomic E-state index is 0.133. The minimum Gasteiger partial charge on any atom is -0.390 e. The maximum atomic E-state index is 5.38. The maximum Gasteiger partial charge on any atom is 0.145 e. The predicted molar refractivity (Wildman–Crippen MR) is 44.1 cm³/mol. The number of rotatable bonds is 2. The van der Waals surface area contributed by atoms with Crippen LogP contribution in [0.15, 0.2) is 5.16 Å². The zero-order valence-corrected chi connectivity index (χ0v) is 6.86. The lowest BCUT2D eigenvalue weighted by Crippen LogP contribution is -2.19. The van der Waals surface area contributed by atoms with Gasteiger partial charge in [0.15, 0.2) is 0 Å². The highest BCUT2D eigenvalue weighted by Gasteiger charge is 2.18. The smallest absolute Gasteiger partial charge is 0.145 e. The molecule has 1 heterocycles. The fourth-order valence-electron chi connectivity index (χ4n) is 0.781. The first-order chi connectivity index (χ1) is 4.86. The van der Waals surface area contributed by atoms with Gasteiger partial charge in [0.25, 0.3) is 0 Å². The summed E-state index contributed by atoms with van der Waals surface area (Å²) >= 11 is 1.73. The molecule has 2 N–H and O–H groups in total. The summed E-state index contributed by atoms with van der Waals surface area (Å²) in [6.07, 6.45) is 1.03. The molecule has 1 unspecified atom stereocenters. The summed E-state index contributed by atoms with van der Waals surface area (Å²) in [5.74, 6) is 1.06. The topological polar surface area (TPSA) is 47.6 Å². The van der Waals surface area contributed by atoms with E-state index in [2.05, 4.69) is 12.1 Å². The highest BCUT2D eigenvalue weighted by atomic mass is 32.2. The Hall–Kier alpha value is -0.220. The molecule has 0 saturated carbocycles. The van der Waals surface area contributed by atoms with E-state index in [0.717, 1.165) is 17.2 Å². The Balaban J connectivity index is 2.25. The van der Waals surface area contributed by atoms with Gasteiger partial charge < -0.3 is 10.6 Å². The molecule has 3 nitrogen and oxygen atoms in total. The van der Waals surface area contributed by atoms with Crippen molar-refractivity contribution < 1.29 is 4.84 Å². The van der Waals surface area contributed by atoms with E-state index in [9.17, 15) is 0 Å². The van der Waals surface area contributed by atoms with Crippen LogP contribution in [0.3, 0.4) is 0 Å². The van der Waals surface area contributed by atoms with E-state index < -0.39 is 0 Å². The number of thioether (sulfide) groups is 1. The summed E-state index contributed by atoms with van der Waals surface area (Å²) in [7, 11) is 0. The molecule has 0 aliphatic carbocycles. The second-order valence-corrected chi connectivity index (χ2v) is 3.42. The van der Waals surface area contributed by atoms with E-state index in [1.807, 2.05) is 0 Å². The van der Waals surface area contributed by atoms with E-state index >= 15 is 0 Å². The van der Waals surface area contributed by atoms with Gasteiger partial charge in [-0.1, -0.05) is 12.1 Å². The first-order valence-corrected chi connectivity index (χ1v) is 4.41. The van der Waals surface area contributed by atoms with Gasteiger partial charge in [-0.3, -0.25) is 0 Å². The normalized spacial score (nSPS) is 24.2. The maximum absolute atomic E-state index is 5.38. The lowest BCUT2D eigenvalue weighted by molar-refractivity contribution is 0.0919. The Morgan fingerprint density at radius 1 is 1.90 bits per heavy atom. The molecule has 10 heavy (non-hydrogen) atoms. The number of hydrogen-bond acceptors (Lipinski definition) is 4. The summed E-state index contributed by atoms with van der Waals surface area (Å²) < 4.78 is 0. The molecule has 0 aromatic heterocycles. The van der Waals surface area contributed by atoms with Crippen LogP contribution in [0.1, 0.15) is 13.3 Å². The third kappa shape index (κ3) is 1.88. The molecule has 0 spiro atoms. The van der Waals surface area contributed by atoms with Crippen molar-refractivity contribution in [1.82, 2.24) is 0 Å². The zero-order chi connectivity index (χ0) is 7.40. The van der Waals surface area contributed by atoms with Crippen LogP contribution >= 0.6 is 11.8 Å². The van der Waals surface area contributed by atoms with E-state index in [1.54, 1.807) is 11.8 Å². The van der Waals surface area contributed by atoms with Gasteiger partial charge in [-0.15, -0.1) is 11.8 Å². The Morgan fingerprint density at radius 3 is 3.20 bits per heavy atom. The van der Waals surface area contributed by atoms with Gasteiger partial charge in [0.2, 0.25) is 0 Å². The molecule has 1 aliphatic rings. The number of oxime groups is 1. The van der Waals surface area contributed by atoms with Gasteiger partial charge in [-0.2, -0.15) is 0 Å². The van der Waals surface area contributed by atoms with Crippen molar-refractivity contribution >= 4 is 16.8 Å². The van der Waals surface area contributed by atoms with Crippen LogP contribution in [0, 0.1) is 0 Å². The van der Waals surface area contributed by atoms with E-state index in [1.165, 1.54) is 0 Å². The van der Waals surface area contributed by atoms with E-state index in [0.29, 0.717) is 6.54 Å². The standard InChI is InChI=1S/C6H12N2OS/c1-2-10-6-3-5(4-7)9-8-6/h5H,2-4,7H2,1H3. The summed E-state index contributed by atoms with van der Waals surface area (Å²) in [4.78, 5) is 5.01. The van der Waals surface area contributed by atoms with Gasteiger partial charge in [0, 0.05) is 13.0 Å². The Kier molecular flexibility index (Phi) is 3.02. The molecule has 0 saturated heterocycles. The van der Waals surface area contributed by atoms with Crippen molar-refractivity contribution in [2.75, 3.05) is 12.3 Å². The van der Waals surface area contributed by atoms with Crippen molar-refractivity contribution in [3.05, 3.63) is 0 Å². The zero-order valence-electron chi connectivity index (χ0n) is 6.04. The minimum absolute atomic E-state index is 0.133. The van der Waals surface area contributed by atoms with Crippen molar-refractivity contribution in [2.24, 2.45) is 10.9 Å². The van der Waals surface area contributed by atoms with Gasteiger partial charge in [0.05, 0.1) is 0 Å². The first-order valence-electron chi connectivity index (χ1n) is 3.42. The third-order valence-electron chi connectivity index (χ3n) is 1.28. The average Bonchev–Trinajstić information content (AvgIpc) is 2.37. The molecule has 0 fully saturated rings. The second-order valence-electron chi connectivity index (χ2n) is 2.09. The van der Waals surface area contributed by atoms with Crippen molar-refractivity contribution in [1.29, 1.82) is 0 Å². The van der Waals surface area contributed by atoms with Crippen LogP contribution in [-0.2, 0) is 4.84 Å². The quantitative estimate of drug-likeness (QED) is 0.650. The van der Waals surface area contributed by atoms with Crippen LogP contribution < -0.4 is 5.73 Å². The monoisotopic (exact) mass is 160 g/mol. The lowest BCUT2D eigenvalue weighted by Gasteiger charge is -2.00. The van der Waals surface area contributed by atoms with E-state index in [-0.39, 0.29) is 6.10 Å². The van der Waals surface area contributed by atoms with Crippen LogP contribution in [0.5, 0.6) is 0 Å². The molecule has 4 heteroatoms. The average molecular weight is 160 g/mol. The summed E-state index contributed by atoms with van der Waals surface area (Å²) in [6, 6.07) is 0. The fraction of sp³-hybridized carbons (Fsp3) is 0.833. The molecule has 0 aromatic carbocycles. The van der Waals surface area contributed by atoms with Crippen LogP contribution in [0.4, 0.5) is 0 Å². The molecule has 0 bridgehead atoms. The molecular weight excluding hydrogens is 148 g/mol. The van der Waals surface area contributed by atoms with E-state index in [4.69, 9.17) is 10.6 Å². The lowest BCUT2D eigenvalue weighted by atomic mass is 10.3. The summed E-state index contributed by atoms with van der Waals surface area (Å²) in [5, 5.41) is 4.96. The van der Waals surface area contributed by atoms with Gasteiger partial charge in [0.1, 0.15) is 11.1 Å². The molecular formula is C6H12N2OS.